The summed E-state index contributed by atoms with van der Waals surface area (Å²) in [5.41, 5.74) is 0.00131. The van der Waals surface area contributed by atoms with E-state index in [1.165, 1.54) is 12.8 Å². The van der Waals surface area contributed by atoms with Crippen LogP contribution in [0.3, 0.4) is 0 Å². The Hall–Kier alpha value is -0.370. The molecular weight excluding hydrogens is 212 g/mol. The van der Waals surface area contributed by atoms with Crippen molar-refractivity contribution in [2.24, 2.45) is 17.3 Å². The molecule has 0 bridgehead atoms. The maximum atomic E-state index is 12.7. The van der Waals surface area contributed by atoms with Crippen LogP contribution in [0.25, 0.3) is 0 Å². The molecule has 0 heterocycles. The van der Waals surface area contributed by atoms with Crippen LogP contribution in [0.5, 0.6) is 0 Å². The van der Waals surface area contributed by atoms with Gasteiger partial charge in [0.05, 0.1) is 0 Å². The summed E-state index contributed by atoms with van der Waals surface area (Å²) in [6, 6.07) is 0. The zero-order valence-electron chi connectivity index (χ0n) is 11.9. The lowest BCUT2D eigenvalue weighted by Crippen LogP contribution is -2.34. The minimum absolute atomic E-state index is 0.00131. The summed E-state index contributed by atoms with van der Waals surface area (Å²) in [6.45, 7) is 7.23. The van der Waals surface area contributed by atoms with Crippen molar-refractivity contribution in [3.63, 3.8) is 0 Å². The van der Waals surface area contributed by atoms with Gasteiger partial charge in [-0.3, -0.25) is 4.79 Å². The molecule has 0 amide bonds. The summed E-state index contributed by atoms with van der Waals surface area (Å²) in [7, 11) is 1.71. The lowest BCUT2D eigenvalue weighted by Gasteiger charge is -2.32. The fourth-order valence-corrected chi connectivity index (χ4v) is 3.33. The van der Waals surface area contributed by atoms with E-state index >= 15 is 0 Å². The fraction of sp³-hybridized carbons (Fsp3) is 0.933. The first-order chi connectivity index (χ1) is 8.02. The van der Waals surface area contributed by atoms with Gasteiger partial charge in [-0.1, -0.05) is 33.6 Å². The third kappa shape index (κ3) is 3.80. The summed E-state index contributed by atoms with van der Waals surface area (Å²) in [5, 5.41) is 0. The molecule has 0 aromatic rings. The SMILES string of the molecule is COCCC(C)C(=O)C1(CC(C)C)CCCC1. The van der Waals surface area contributed by atoms with Crippen molar-refractivity contribution in [3.05, 3.63) is 0 Å². The van der Waals surface area contributed by atoms with Gasteiger partial charge in [-0.05, 0) is 31.6 Å². The number of ether oxygens (including phenoxy) is 1. The number of rotatable bonds is 7. The summed E-state index contributed by atoms with van der Waals surface area (Å²) in [4.78, 5) is 12.7. The predicted octanol–water partition coefficient (Wildman–Crippen LogP) is 3.83. The van der Waals surface area contributed by atoms with E-state index in [4.69, 9.17) is 4.74 Å². The van der Waals surface area contributed by atoms with Crippen molar-refractivity contribution >= 4 is 5.78 Å². The summed E-state index contributed by atoms with van der Waals surface area (Å²) in [6.07, 6.45) is 6.63. The van der Waals surface area contributed by atoms with Crippen LogP contribution in [0.1, 0.15) is 59.3 Å². The molecule has 100 valence electrons. The van der Waals surface area contributed by atoms with Crippen LogP contribution < -0.4 is 0 Å². The van der Waals surface area contributed by atoms with Crippen molar-refractivity contribution in [3.8, 4) is 0 Å². The summed E-state index contributed by atoms with van der Waals surface area (Å²) >= 11 is 0. The first-order valence-electron chi connectivity index (χ1n) is 7.05. The first-order valence-corrected chi connectivity index (χ1v) is 7.05. The number of carbonyl (C=O) groups excluding carboxylic acids is 1. The minimum atomic E-state index is 0.00131. The zero-order chi connectivity index (χ0) is 12.9. The van der Waals surface area contributed by atoms with E-state index in [0.717, 1.165) is 25.7 Å². The van der Waals surface area contributed by atoms with Crippen LogP contribution >= 0.6 is 0 Å². The van der Waals surface area contributed by atoms with Gasteiger partial charge in [0, 0.05) is 25.0 Å². The van der Waals surface area contributed by atoms with E-state index in [0.29, 0.717) is 18.3 Å². The molecule has 0 N–H and O–H groups in total. The second-order valence-electron chi connectivity index (χ2n) is 6.13. The Kier molecular flexibility index (Phi) is 5.64. The molecule has 1 fully saturated rings. The molecule has 1 atom stereocenters. The van der Waals surface area contributed by atoms with Gasteiger partial charge in [0.2, 0.25) is 0 Å². The zero-order valence-corrected chi connectivity index (χ0v) is 11.9. The van der Waals surface area contributed by atoms with Crippen molar-refractivity contribution < 1.29 is 9.53 Å². The minimum Gasteiger partial charge on any atom is -0.385 e. The number of Topliss-reactive ketones (excluding diaryl/α,β-unsaturated/α-hetero) is 1. The fourth-order valence-electron chi connectivity index (χ4n) is 3.33. The average Bonchev–Trinajstić information content (AvgIpc) is 2.73. The van der Waals surface area contributed by atoms with Gasteiger partial charge in [-0.2, -0.15) is 0 Å². The number of hydrogen-bond donors (Lipinski definition) is 0. The van der Waals surface area contributed by atoms with Gasteiger partial charge in [-0.25, -0.2) is 0 Å². The van der Waals surface area contributed by atoms with Crippen molar-refractivity contribution in [1.29, 1.82) is 0 Å². The first kappa shape index (κ1) is 14.7. The Labute approximate surface area is 106 Å². The highest BCUT2D eigenvalue weighted by Gasteiger charge is 2.42. The molecule has 1 aliphatic rings. The van der Waals surface area contributed by atoms with E-state index in [-0.39, 0.29) is 11.3 Å². The average molecular weight is 240 g/mol. The lowest BCUT2D eigenvalue weighted by molar-refractivity contribution is -0.133. The van der Waals surface area contributed by atoms with Crippen molar-refractivity contribution in [2.75, 3.05) is 13.7 Å². The summed E-state index contributed by atoms with van der Waals surface area (Å²) < 4.78 is 5.09. The molecule has 1 rings (SSSR count). The van der Waals surface area contributed by atoms with Crippen molar-refractivity contribution in [2.45, 2.75) is 59.3 Å². The van der Waals surface area contributed by atoms with Gasteiger partial charge in [0.25, 0.3) is 0 Å². The molecule has 2 heteroatoms. The third-order valence-corrected chi connectivity index (χ3v) is 4.08. The molecule has 0 spiro atoms. The number of methoxy groups -OCH3 is 1. The number of carbonyl (C=O) groups is 1. The van der Waals surface area contributed by atoms with Crippen molar-refractivity contribution in [1.82, 2.24) is 0 Å². The highest BCUT2D eigenvalue weighted by atomic mass is 16.5. The van der Waals surface area contributed by atoms with Gasteiger partial charge >= 0.3 is 0 Å². The van der Waals surface area contributed by atoms with E-state index in [9.17, 15) is 4.79 Å². The topological polar surface area (TPSA) is 26.3 Å². The standard InChI is InChI=1S/C15H28O2/c1-12(2)11-15(8-5-6-9-15)14(16)13(3)7-10-17-4/h12-13H,5-11H2,1-4H3. The molecular formula is C15H28O2. The van der Waals surface area contributed by atoms with Crippen LogP contribution in [0.4, 0.5) is 0 Å². The maximum absolute atomic E-state index is 12.7. The maximum Gasteiger partial charge on any atom is 0.141 e. The lowest BCUT2D eigenvalue weighted by atomic mass is 9.71. The predicted molar refractivity (Wildman–Crippen MR) is 71.0 cm³/mol. The van der Waals surface area contributed by atoms with Crippen LogP contribution in [0, 0.1) is 17.3 Å². The Morgan fingerprint density at radius 1 is 1.24 bits per heavy atom. The second-order valence-corrected chi connectivity index (χ2v) is 6.13. The van der Waals surface area contributed by atoms with Gasteiger partial charge < -0.3 is 4.74 Å². The molecule has 0 aliphatic heterocycles. The highest BCUT2D eigenvalue weighted by molar-refractivity contribution is 5.87. The molecule has 0 saturated heterocycles. The van der Waals surface area contributed by atoms with E-state index < -0.39 is 0 Å². The van der Waals surface area contributed by atoms with E-state index in [2.05, 4.69) is 20.8 Å². The third-order valence-electron chi connectivity index (χ3n) is 4.08. The molecule has 17 heavy (non-hydrogen) atoms. The molecule has 0 radical (unpaired) electrons. The molecule has 1 aliphatic carbocycles. The normalized spacial score (nSPS) is 20.8. The smallest absolute Gasteiger partial charge is 0.141 e. The number of ketones is 1. The molecule has 1 saturated carbocycles. The van der Waals surface area contributed by atoms with Crippen LogP contribution in [0.15, 0.2) is 0 Å². The Balaban J connectivity index is 2.66. The van der Waals surface area contributed by atoms with E-state index in [1.807, 2.05) is 0 Å². The second kappa shape index (κ2) is 6.53. The Morgan fingerprint density at radius 3 is 2.29 bits per heavy atom. The van der Waals surface area contributed by atoms with Gasteiger partial charge in [-0.15, -0.1) is 0 Å². The molecule has 2 nitrogen and oxygen atoms in total. The van der Waals surface area contributed by atoms with E-state index in [1.54, 1.807) is 7.11 Å². The molecule has 0 aromatic carbocycles. The summed E-state index contributed by atoms with van der Waals surface area (Å²) in [5.74, 6) is 1.28. The van der Waals surface area contributed by atoms with Gasteiger partial charge in [0.1, 0.15) is 5.78 Å². The van der Waals surface area contributed by atoms with Gasteiger partial charge in [0.15, 0.2) is 0 Å². The largest absolute Gasteiger partial charge is 0.385 e. The monoisotopic (exact) mass is 240 g/mol. The van der Waals surface area contributed by atoms with Crippen LogP contribution in [-0.2, 0) is 9.53 Å². The quantitative estimate of drug-likeness (QED) is 0.676. The number of hydrogen-bond acceptors (Lipinski definition) is 2. The Morgan fingerprint density at radius 2 is 1.82 bits per heavy atom. The molecule has 1 unspecified atom stereocenters. The highest BCUT2D eigenvalue weighted by Crippen LogP contribution is 2.45. The van der Waals surface area contributed by atoms with Crippen LogP contribution in [0.2, 0.25) is 0 Å². The van der Waals surface area contributed by atoms with Crippen LogP contribution in [-0.4, -0.2) is 19.5 Å². The Bertz CT molecular complexity index is 239. The molecule has 0 aromatic heterocycles.